The van der Waals surface area contributed by atoms with Gasteiger partial charge in [0.05, 0.1) is 18.5 Å². The zero-order valence-corrected chi connectivity index (χ0v) is 11.9. The number of halogens is 3. The van der Waals surface area contributed by atoms with Gasteiger partial charge in [-0.2, -0.15) is 18.3 Å². The Morgan fingerprint density at radius 3 is 2.48 bits per heavy atom. The molecule has 0 fully saturated rings. The Balaban J connectivity index is 2.48. The van der Waals surface area contributed by atoms with E-state index in [1.54, 1.807) is 42.6 Å². The smallest absolute Gasteiger partial charge is 0.462 e. The first-order chi connectivity index (χ1) is 10.8. The van der Waals surface area contributed by atoms with Crippen molar-refractivity contribution in [1.82, 2.24) is 9.78 Å². The van der Waals surface area contributed by atoms with Crippen LogP contribution in [0.3, 0.4) is 0 Å². The molecule has 0 unspecified atom stereocenters. The number of carbonyl (C=O) groups excluding carboxylic acids is 2. The molecular formula is C14H12F3N3O3. The second-order valence-electron chi connectivity index (χ2n) is 4.33. The lowest BCUT2D eigenvalue weighted by atomic mass is 10.3. The molecule has 1 amide bonds. The van der Waals surface area contributed by atoms with Gasteiger partial charge in [-0.1, -0.05) is 18.2 Å². The monoisotopic (exact) mass is 327 g/mol. The fourth-order valence-corrected chi connectivity index (χ4v) is 1.77. The Morgan fingerprint density at radius 1 is 1.26 bits per heavy atom. The zero-order chi connectivity index (χ0) is 17.0. The molecule has 1 heterocycles. The van der Waals surface area contributed by atoms with Crippen LogP contribution < -0.4 is 5.32 Å². The molecule has 0 aliphatic carbocycles. The first kappa shape index (κ1) is 16.5. The van der Waals surface area contributed by atoms with Gasteiger partial charge in [-0.25, -0.2) is 9.48 Å². The molecule has 0 spiro atoms. The number of hydrogen-bond donors (Lipinski definition) is 1. The number of anilines is 1. The third kappa shape index (κ3) is 3.68. The lowest BCUT2D eigenvalue weighted by Crippen LogP contribution is -2.31. The van der Waals surface area contributed by atoms with E-state index in [9.17, 15) is 22.8 Å². The molecule has 0 saturated carbocycles. The Morgan fingerprint density at radius 2 is 1.91 bits per heavy atom. The molecule has 1 N–H and O–H groups in total. The molecule has 0 saturated heterocycles. The van der Waals surface area contributed by atoms with Crippen molar-refractivity contribution in [3.8, 4) is 5.69 Å². The van der Waals surface area contributed by atoms with E-state index in [-0.39, 0.29) is 12.2 Å². The lowest BCUT2D eigenvalue weighted by molar-refractivity contribution is -0.167. The molecular weight excluding hydrogens is 315 g/mol. The molecule has 0 aliphatic rings. The Hall–Kier alpha value is -2.84. The first-order valence-electron chi connectivity index (χ1n) is 6.53. The average molecular weight is 327 g/mol. The van der Waals surface area contributed by atoms with Crippen LogP contribution in [-0.4, -0.2) is 34.4 Å². The van der Waals surface area contributed by atoms with Gasteiger partial charge in [0.25, 0.3) is 0 Å². The highest BCUT2D eigenvalue weighted by molar-refractivity contribution is 6.02. The van der Waals surface area contributed by atoms with Gasteiger partial charge in [0.2, 0.25) is 0 Å². The summed E-state index contributed by atoms with van der Waals surface area (Å²) < 4.78 is 43.3. The second kappa shape index (κ2) is 6.51. The summed E-state index contributed by atoms with van der Waals surface area (Å²) in [7, 11) is 0. The molecule has 2 rings (SSSR count). The van der Waals surface area contributed by atoms with Gasteiger partial charge in [-0.15, -0.1) is 0 Å². The average Bonchev–Trinajstić information content (AvgIpc) is 2.91. The number of nitrogens with one attached hydrogen (secondary N) is 1. The molecule has 0 atom stereocenters. The number of rotatable bonds is 4. The number of nitrogens with zero attached hydrogens (tertiary/aromatic N) is 2. The fraction of sp³-hybridized carbons (Fsp3) is 0.214. The molecule has 9 heteroatoms. The van der Waals surface area contributed by atoms with Crippen LogP contribution in [0.1, 0.15) is 17.3 Å². The maximum absolute atomic E-state index is 12.5. The number of carbonyl (C=O) groups is 2. The van der Waals surface area contributed by atoms with E-state index in [0.29, 0.717) is 5.69 Å². The summed E-state index contributed by atoms with van der Waals surface area (Å²) in [6, 6.07) is 8.09. The molecule has 0 aliphatic heterocycles. The van der Waals surface area contributed by atoms with Crippen LogP contribution in [-0.2, 0) is 9.53 Å². The molecule has 1 aromatic carbocycles. The summed E-state index contributed by atoms with van der Waals surface area (Å²) >= 11 is 0. The quantitative estimate of drug-likeness (QED) is 0.876. The molecule has 1 aromatic heterocycles. The van der Waals surface area contributed by atoms with Gasteiger partial charge in [0, 0.05) is 0 Å². The highest BCUT2D eigenvalue weighted by Gasteiger charge is 2.40. The van der Waals surface area contributed by atoms with E-state index in [1.165, 1.54) is 0 Å². The zero-order valence-electron chi connectivity index (χ0n) is 11.9. The van der Waals surface area contributed by atoms with E-state index >= 15 is 0 Å². The van der Waals surface area contributed by atoms with Crippen molar-refractivity contribution >= 4 is 17.7 Å². The number of aromatic nitrogens is 2. The third-order valence-corrected chi connectivity index (χ3v) is 2.75. The van der Waals surface area contributed by atoms with Gasteiger partial charge in [0.1, 0.15) is 5.56 Å². The molecule has 0 radical (unpaired) electrons. The van der Waals surface area contributed by atoms with Crippen molar-refractivity contribution < 1.29 is 27.5 Å². The van der Waals surface area contributed by atoms with Crippen molar-refractivity contribution in [2.75, 3.05) is 11.9 Å². The minimum Gasteiger partial charge on any atom is -0.462 e. The van der Waals surface area contributed by atoms with Crippen LogP contribution in [0.4, 0.5) is 19.0 Å². The number of para-hydroxylation sites is 1. The first-order valence-corrected chi connectivity index (χ1v) is 6.53. The Bertz CT molecular complexity index is 711. The highest BCUT2D eigenvalue weighted by Crippen LogP contribution is 2.24. The van der Waals surface area contributed by atoms with Gasteiger partial charge in [-0.3, -0.25) is 4.79 Å². The van der Waals surface area contributed by atoms with E-state index in [1.807, 2.05) is 0 Å². The minimum atomic E-state index is -5.10. The van der Waals surface area contributed by atoms with Gasteiger partial charge < -0.3 is 10.1 Å². The topological polar surface area (TPSA) is 73.2 Å². The maximum Gasteiger partial charge on any atom is 0.471 e. The second-order valence-corrected chi connectivity index (χ2v) is 4.33. The minimum absolute atomic E-state index is 0.0298. The fourth-order valence-electron chi connectivity index (χ4n) is 1.77. The summed E-state index contributed by atoms with van der Waals surface area (Å²) in [5.74, 6) is -3.50. The third-order valence-electron chi connectivity index (χ3n) is 2.75. The van der Waals surface area contributed by atoms with Crippen molar-refractivity contribution in [2.24, 2.45) is 0 Å². The van der Waals surface area contributed by atoms with Crippen LogP contribution in [0.25, 0.3) is 5.69 Å². The number of hydrogen-bond acceptors (Lipinski definition) is 4. The van der Waals surface area contributed by atoms with E-state index in [2.05, 4.69) is 5.10 Å². The predicted molar refractivity (Wildman–Crippen MR) is 74.2 cm³/mol. The largest absolute Gasteiger partial charge is 0.471 e. The lowest BCUT2D eigenvalue weighted by Gasteiger charge is -2.12. The highest BCUT2D eigenvalue weighted by atomic mass is 19.4. The normalized spacial score (nSPS) is 11.1. The summed E-state index contributed by atoms with van der Waals surface area (Å²) in [6.45, 7) is 1.58. The molecule has 2 aromatic rings. The van der Waals surface area contributed by atoms with E-state index in [0.717, 1.165) is 10.9 Å². The van der Waals surface area contributed by atoms with Crippen molar-refractivity contribution in [3.05, 3.63) is 42.1 Å². The maximum atomic E-state index is 12.5. The molecule has 23 heavy (non-hydrogen) atoms. The van der Waals surface area contributed by atoms with Crippen molar-refractivity contribution in [2.45, 2.75) is 13.1 Å². The summed E-state index contributed by atoms with van der Waals surface area (Å²) in [4.78, 5) is 23.1. The number of esters is 1. The number of alkyl halides is 3. The van der Waals surface area contributed by atoms with E-state index in [4.69, 9.17) is 4.74 Å². The standard InChI is InChI=1S/C14H12F3N3O3/c1-2-23-12(21)10-8-18-20(9-6-4-3-5-7-9)11(10)19-13(22)14(15,16)17/h3-8H,2H2,1H3,(H,19,22). The van der Waals surface area contributed by atoms with Gasteiger partial charge in [-0.05, 0) is 19.1 Å². The molecule has 6 nitrogen and oxygen atoms in total. The Labute approximate surface area is 128 Å². The van der Waals surface area contributed by atoms with E-state index < -0.39 is 23.9 Å². The SMILES string of the molecule is CCOC(=O)c1cnn(-c2ccccc2)c1NC(=O)C(F)(F)F. The Kier molecular flexibility index (Phi) is 4.68. The van der Waals surface area contributed by atoms with Crippen LogP contribution in [0.15, 0.2) is 36.5 Å². The van der Waals surface area contributed by atoms with Crippen LogP contribution in [0.2, 0.25) is 0 Å². The summed E-state index contributed by atoms with van der Waals surface area (Å²) in [5.41, 5.74) is 0.105. The molecule has 122 valence electrons. The van der Waals surface area contributed by atoms with Crippen LogP contribution in [0.5, 0.6) is 0 Å². The molecule has 0 bridgehead atoms. The predicted octanol–water partition coefficient (Wildman–Crippen LogP) is 2.55. The van der Waals surface area contributed by atoms with Gasteiger partial charge in [0.15, 0.2) is 5.82 Å². The number of benzene rings is 1. The van der Waals surface area contributed by atoms with Gasteiger partial charge >= 0.3 is 18.1 Å². The van der Waals surface area contributed by atoms with Crippen LogP contribution in [0, 0.1) is 0 Å². The number of amides is 1. The summed E-state index contributed by atoms with van der Waals surface area (Å²) in [5, 5.41) is 5.53. The van der Waals surface area contributed by atoms with Crippen molar-refractivity contribution in [3.63, 3.8) is 0 Å². The summed E-state index contributed by atoms with van der Waals surface area (Å²) in [6.07, 6.45) is -4.06. The van der Waals surface area contributed by atoms with Crippen molar-refractivity contribution in [1.29, 1.82) is 0 Å². The number of ether oxygens (including phenoxy) is 1. The van der Waals surface area contributed by atoms with Crippen LogP contribution >= 0.6 is 0 Å².